The van der Waals surface area contributed by atoms with Crippen molar-refractivity contribution >= 4 is 17.5 Å². The summed E-state index contributed by atoms with van der Waals surface area (Å²) in [6, 6.07) is 5.55. The van der Waals surface area contributed by atoms with Gasteiger partial charge >= 0.3 is 0 Å². The van der Waals surface area contributed by atoms with Gasteiger partial charge in [0.15, 0.2) is 0 Å². The van der Waals surface area contributed by atoms with Crippen molar-refractivity contribution in [2.45, 2.75) is 18.6 Å². The van der Waals surface area contributed by atoms with Crippen molar-refractivity contribution in [3.63, 3.8) is 0 Å². The topological polar surface area (TPSA) is 99.1 Å². The van der Waals surface area contributed by atoms with E-state index in [-0.39, 0.29) is 50.4 Å². The summed E-state index contributed by atoms with van der Waals surface area (Å²) in [5.41, 5.74) is 0.556. The Bertz CT molecular complexity index is 638. The zero-order valence-corrected chi connectivity index (χ0v) is 13.6. The number of carbonyl (C=O) groups excluding carboxylic acids is 2. The molecular formula is C17H21FN2O5. The van der Waals surface area contributed by atoms with E-state index in [0.717, 1.165) is 0 Å². The lowest BCUT2D eigenvalue weighted by Crippen LogP contribution is -2.49. The number of benzene rings is 1. The van der Waals surface area contributed by atoms with Crippen LogP contribution in [0, 0.1) is 17.7 Å². The average Bonchev–Trinajstić information content (AvgIpc) is 2.98. The summed E-state index contributed by atoms with van der Waals surface area (Å²) in [6.45, 7) is 0.722. The number of aliphatic hydroxyl groups is 2. The second-order valence-corrected chi connectivity index (χ2v) is 6.48. The number of rotatable bonds is 4. The van der Waals surface area contributed by atoms with Gasteiger partial charge in [-0.15, -0.1) is 0 Å². The van der Waals surface area contributed by atoms with Crippen LogP contribution in [0.5, 0.6) is 0 Å². The molecule has 2 amide bonds. The monoisotopic (exact) mass is 352 g/mol. The molecule has 0 bridgehead atoms. The molecule has 8 heteroatoms. The molecule has 0 saturated carbocycles. The van der Waals surface area contributed by atoms with Crippen LogP contribution in [-0.4, -0.2) is 60.5 Å². The third-order valence-electron chi connectivity index (χ3n) is 4.67. The fraction of sp³-hybridized carbons (Fsp3) is 0.529. The standard InChI is InChI=1S/C17H21FN2O5/c18-12-1-3-13(4-2-12)20-7-10(5-15(20)22)17(24)19-6-11-8-25-9-14(21)16(11)23/h1-4,10-11,14,16,21,23H,5-9H2,(H,19,24)/t10-,11+,14+,16-/m0/s1. The molecule has 136 valence electrons. The van der Waals surface area contributed by atoms with Crippen LogP contribution in [0.1, 0.15) is 6.42 Å². The third-order valence-corrected chi connectivity index (χ3v) is 4.67. The van der Waals surface area contributed by atoms with Crippen molar-refractivity contribution in [1.82, 2.24) is 5.32 Å². The van der Waals surface area contributed by atoms with Gasteiger partial charge in [0.25, 0.3) is 0 Å². The maximum Gasteiger partial charge on any atom is 0.227 e. The minimum Gasteiger partial charge on any atom is -0.390 e. The summed E-state index contributed by atoms with van der Waals surface area (Å²) in [7, 11) is 0. The molecule has 1 aromatic carbocycles. The Hall–Kier alpha value is -2.03. The smallest absolute Gasteiger partial charge is 0.227 e. The van der Waals surface area contributed by atoms with E-state index < -0.39 is 24.0 Å². The Kier molecular flexibility index (Phi) is 5.31. The van der Waals surface area contributed by atoms with E-state index in [9.17, 15) is 24.2 Å². The molecule has 2 aliphatic rings. The zero-order chi connectivity index (χ0) is 18.0. The lowest BCUT2D eigenvalue weighted by atomic mass is 9.96. The molecule has 2 saturated heterocycles. The predicted octanol–water partition coefficient (Wildman–Crippen LogP) is -0.337. The Balaban J connectivity index is 1.55. The largest absolute Gasteiger partial charge is 0.390 e. The Morgan fingerprint density at radius 2 is 2.00 bits per heavy atom. The molecule has 0 aromatic heterocycles. The van der Waals surface area contributed by atoms with Gasteiger partial charge in [-0.1, -0.05) is 0 Å². The number of ether oxygens (including phenoxy) is 1. The minimum absolute atomic E-state index is 0.0787. The summed E-state index contributed by atoms with van der Waals surface area (Å²) in [4.78, 5) is 25.9. The van der Waals surface area contributed by atoms with Gasteiger partial charge in [-0.25, -0.2) is 4.39 Å². The molecule has 1 aromatic rings. The van der Waals surface area contributed by atoms with Crippen LogP contribution in [0.2, 0.25) is 0 Å². The molecule has 7 nitrogen and oxygen atoms in total. The number of hydrogen-bond donors (Lipinski definition) is 3. The van der Waals surface area contributed by atoms with E-state index in [4.69, 9.17) is 4.74 Å². The fourth-order valence-electron chi connectivity index (χ4n) is 3.16. The van der Waals surface area contributed by atoms with E-state index in [1.165, 1.54) is 29.2 Å². The normalized spacial score (nSPS) is 29.7. The van der Waals surface area contributed by atoms with Crippen LogP contribution in [-0.2, 0) is 14.3 Å². The number of nitrogens with zero attached hydrogens (tertiary/aromatic N) is 1. The molecule has 2 heterocycles. The number of nitrogens with one attached hydrogen (secondary N) is 1. The highest BCUT2D eigenvalue weighted by Gasteiger charge is 2.36. The van der Waals surface area contributed by atoms with Gasteiger partial charge in [-0.2, -0.15) is 0 Å². The molecule has 25 heavy (non-hydrogen) atoms. The summed E-state index contributed by atoms with van der Waals surface area (Å²) in [6.07, 6.45) is -1.83. The van der Waals surface area contributed by atoms with Crippen molar-refractivity contribution < 1.29 is 28.9 Å². The summed E-state index contributed by atoms with van der Waals surface area (Å²) >= 11 is 0. The van der Waals surface area contributed by atoms with Gasteiger partial charge in [0, 0.05) is 31.1 Å². The van der Waals surface area contributed by atoms with E-state index in [0.29, 0.717) is 5.69 Å². The number of hydrogen-bond acceptors (Lipinski definition) is 5. The first-order valence-electron chi connectivity index (χ1n) is 8.23. The lowest BCUT2D eigenvalue weighted by Gasteiger charge is -2.32. The van der Waals surface area contributed by atoms with Crippen molar-refractivity contribution in [1.29, 1.82) is 0 Å². The molecular weight excluding hydrogens is 331 g/mol. The van der Waals surface area contributed by atoms with Crippen molar-refractivity contribution in [3.8, 4) is 0 Å². The number of anilines is 1. The molecule has 0 unspecified atom stereocenters. The molecule has 3 N–H and O–H groups in total. The molecule has 3 rings (SSSR count). The van der Waals surface area contributed by atoms with Gasteiger partial charge in [0.05, 0.1) is 25.2 Å². The van der Waals surface area contributed by atoms with Gasteiger partial charge in [0.1, 0.15) is 11.9 Å². The third kappa shape index (κ3) is 3.97. The lowest BCUT2D eigenvalue weighted by molar-refractivity contribution is -0.131. The summed E-state index contributed by atoms with van der Waals surface area (Å²) < 4.78 is 18.2. The minimum atomic E-state index is -0.960. The fourth-order valence-corrected chi connectivity index (χ4v) is 3.16. The predicted molar refractivity (Wildman–Crippen MR) is 86.2 cm³/mol. The quantitative estimate of drug-likeness (QED) is 0.689. The first-order valence-corrected chi connectivity index (χ1v) is 8.23. The van der Waals surface area contributed by atoms with E-state index in [1.54, 1.807) is 0 Å². The Labute approximate surface area is 144 Å². The number of aliphatic hydroxyl groups excluding tert-OH is 2. The van der Waals surface area contributed by atoms with Crippen molar-refractivity contribution in [2.24, 2.45) is 11.8 Å². The molecule has 4 atom stereocenters. The van der Waals surface area contributed by atoms with E-state index in [2.05, 4.69) is 5.32 Å². The highest BCUT2D eigenvalue weighted by atomic mass is 19.1. The van der Waals surface area contributed by atoms with Crippen LogP contribution >= 0.6 is 0 Å². The van der Waals surface area contributed by atoms with Gasteiger partial charge in [0.2, 0.25) is 11.8 Å². The maximum absolute atomic E-state index is 13.0. The second-order valence-electron chi connectivity index (χ2n) is 6.48. The molecule has 2 aliphatic heterocycles. The van der Waals surface area contributed by atoms with Crippen LogP contribution in [0.3, 0.4) is 0 Å². The zero-order valence-electron chi connectivity index (χ0n) is 13.6. The van der Waals surface area contributed by atoms with Crippen LogP contribution in [0.4, 0.5) is 10.1 Å². The van der Waals surface area contributed by atoms with Crippen LogP contribution in [0.25, 0.3) is 0 Å². The highest BCUT2D eigenvalue weighted by Crippen LogP contribution is 2.25. The summed E-state index contributed by atoms with van der Waals surface area (Å²) in [5, 5.41) is 22.2. The van der Waals surface area contributed by atoms with Crippen LogP contribution in [0.15, 0.2) is 24.3 Å². The van der Waals surface area contributed by atoms with Gasteiger partial charge in [-0.3, -0.25) is 9.59 Å². The SMILES string of the molecule is O=C(NC[C@@H]1COC[C@@H](O)[C@H]1O)[C@H]1CC(=O)N(c2ccc(F)cc2)C1. The molecule has 2 fully saturated rings. The highest BCUT2D eigenvalue weighted by molar-refractivity contribution is 6.00. The number of halogens is 1. The number of amides is 2. The Morgan fingerprint density at radius 1 is 1.28 bits per heavy atom. The van der Waals surface area contributed by atoms with E-state index >= 15 is 0 Å². The first kappa shape index (κ1) is 17.8. The van der Waals surface area contributed by atoms with Crippen LogP contribution < -0.4 is 10.2 Å². The van der Waals surface area contributed by atoms with Crippen molar-refractivity contribution in [3.05, 3.63) is 30.1 Å². The molecule has 0 radical (unpaired) electrons. The molecule has 0 spiro atoms. The summed E-state index contributed by atoms with van der Waals surface area (Å²) in [5.74, 6) is -1.77. The average molecular weight is 352 g/mol. The van der Waals surface area contributed by atoms with Crippen molar-refractivity contribution in [2.75, 3.05) is 31.2 Å². The van der Waals surface area contributed by atoms with Gasteiger partial charge in [-0.05, 0) is 24.3 Å². The second kappa shape index (κ2) is 7.47. The molecule has 0 aliphatic carbocycles. The van der Waals surface area contributed by atoms with Gasteiger partial charge < -0.3 is 25.2 Å². The van der Waals surface area contributed by atoms with E-state index in [1.807, 2.05) is 0 Å². The maximum atomic E-state index is 13.0. The number of carbonyl (C=O) groups is 2. The Morgan fingerprint density at radius 3 is 2.72 bits per heavy atom. The first-order chi connectivity index (χ1) is 12.0.